The van der Waals surface area contributed by atoms with Crippen molar-refractivity contribution in [1.82, 2.24) is 19.6 Å². The quantitative estimate of drug-likeness (QED) is 0.825. The smallest absolute Gasteiger partial charge is 0.145 e. The highest BCUT2D eigenvalue weighted by Crippen LogP contribution is 2.38. The van der Waals surface area contributed by atoms with Gasteiger partial charge in [0.1, 0.15) is 10.8 Å². The van der Waals surface area contributed by atoms with Gasteiger partial charge in [0, 0.05) is 32.1 Å². The van der Waals surface area contributed by atoms with Gasteiger partial charge in [0.15, 0.2) is 0 Å². The van der Waals surface area contributed by atoms with Crippen LogP contribution in [0.2, 0.25) is 0 Å². The zero-order valence-corrected chi connectivity index (χ0v) is 9.59. The minimum atomic E-state index is 0.693. The van der Waals surface area contributed by atoms with Crippen LogP contribution in [-0.4, -0.2) is 40.4 Å². The van der Waals surface area contributed by atoms with Crippen molar-refractivity contribution in [3.8, 4) is 0 Å². The van der Waals surface area contributed by atoms with E-state index >= 15 is 0 Å². The number of aromatic nitrogens is 2. The minimum Gasteiger partial charge on any atom is -0.314 e. The molecule has 4 nitrogen and oxygen atoms in total. The van der Waals surface area contributed by atoms with Crippen LogP contribution in [0.3, 0.4) is 0 Å². The van der Waals surface area contributed by atoms with Crippen LogP contribution in [0.15, 0.2) is 0 Å². The van der Waals surface area contributed by atoms with Crippen molar-refractivity contribution in [3.05, 3.63) is 10.8 Å². The van der Waals surface area contributed by atoms with E-state index in [0.717, 1.165) is 38.5 Å². The van der Waals surface area contributed by atoms with E-state index in [0.29, 0.717) is 5.92 Å². The molecule has 1 aromatic rings. The van der Waals surface area contributed by atoms with E-state index in [4.69, 9.17) is 0 Å². The molecule has 15 heavy (non-hydrogen) atoms. The highest BCUT2D eigenvalue weighted by Gasteiger charge is 2.28. The number of nitrogens with zero attached hydrogens (tertiary/aromatic N) is 3. The third kappa shape index (κ3) is 2.35. The molecule has 1 saturated heterocycles. The van der Waals surface area contributed by atoms with Crippen molar-refractivity contribution < 1.29 is 0 Å². The van der Waals surface area contributed by atoms with Gasteiger partial charge in [-0.1, -0.05) is 0 Å². The second-order valence-electron chi connectivity index (χ2n) is 4.35. The van der Waals surface area contributed by atoms with E-state index in [1.165, 1.54) is 17.8 Å². The maximum absolute atomic E-state index is 4.61. The van der Waals surface area contributed by atoms with Crippen molar-refractivity contribution in [3.63, 3.8) is 0 Å². The summed E-state index contributed by atoms with van der Waals surface area (Å²) in [6.07, 6.45) is 2.59. The average Bonchev–Trinajstić information content (AvgIpc) is 3.02. The highest BCUT2D eigenvalue weighted by atomic mass is 32.1. The van der Waals surface area contributed by atoms with Gasteiger partial charge in [-0.2, -0.15) is 4.37 Å². The van der Waals surface area contributed by atoms with Gasteiger partial charge < -0.3 is 5.32 Å². The molecule has 0 aromatic carbocycles. The molecule has 2 heterocycles. The van der Waals surface area contributed by atoms with Gasteiger partial charge in [-0.15, -0.1) is 0 Å². The van der Waals surface area contributed by atoms with E-state index in [1.54, 1.807) is 11.5 Å². The van der Waals surface area contributed by atoms with Crippen LogP contribution in [0.1, 0.15) is 29.6 Å². The molecule has 3 rings (SSSR count). The van der Waals surface area contributed by atoms with Crippen LogP contribution in [-0.2, 0) is 6.54 Å². The summed E-state index contributed by atoms with van der Waals surface area (Å²) in [4.78, 5) is 7.06. The van der Waals surface area contributed by atoms with Gasteiger partial charge in [0.25, 0.3) is 0 Å². The van der Waals surface area contributed by atoms with Crippen LogP contribution in [0, 0.1) is 0 Å². The Morgan fingerprint density at radius 3 is 2.87 bits per heavy atom. The molecule has 5 heteroatoms. The summed E-state index contributed by atoms with van der Waals surface area (Å²) in [5, 5.41) is 4.55. The first-order chi connectivity index (χ1) is 7.42. The first kappa shape index (κ1) is 9.69. The lowest BCUT2D eigenvalue weighted by atomic mass is 10.3. The van der Waals surface area contributed by atoms with Crippen LogP contribution in [0.4, 0.5) is 0 Å². The van der Waals surface area contributed by atoms with Crippen LogP contribution < -0.4 is 5.32 Å². The van der Waals surface area contributed by atoms with Crippen LogP contribution >= 0.6 is 11.5 Å². The number of rotatable bonds is 3. The van der Waals surface area contributed by atoms with Crippen LogP contribution in [0.25, 0.3) is 0 Å². The van der Waals surface area contributed by atoms with E-state index in [2.05, 4.69) is 19.6 Å². The molecule has 0 amide bonds. The third-order valence-electron chi connectivity index (χ3n) is 2.99. The second-order valence-corrected chi connectivity index (χ2v) is 5.18. The minimum absolute atomic E-state index is 0.693. The molecule has 1 aliphatic heterocycles. The van der Waals surface area contributed by atoms with Crippen molar-refractivity contribution in [2.24, 2.45) is 0 Å². The summed E-state index contributed by atoms with van der Waals surface area (Å²) in [7, 11) is 0. The Kier molecular flexibility index (Phi) is 2.68. The molecule has 1 aromatic heterocycles. The monoisotopic (exact) mass is 224 g/mol. The van der Waals surface area contributed by atoms with Gasteiger partial charge in [-0.05, 0) is 24.4 Å². The van der Waals surface area contributed by atoms with Gasteiger partial charge in [-0.3, -0.25) is 4.90 Å². The predicted molar refractivity (Wildman–Crippen MR) is 60.0 cm³/mol. The van der Waals surface area contributed by atoms with Gasteiger partial charge in [0.05, 0.1) is 6.54 Å². The molecule has 1 saturated carbocycles. The Bertz CT molecular complexity index is 328. The molecule has 0 atom stereocenters. The summed E-state index contributed by atoms with van der Waals surface area (Å²) < 4.78 is 4.43. The highest BCUT2D eigenvalue weighted by molar-refractivity contribution is 7.05. The van der Waals surface area contributed by atoms with Crippen molar-refractivity contribution >= 4 is 11.5 Å². The normalized spacial score (nSPS) is 23.2. The molecular formula is C10H16N4S. The molecule has 1 N–H and O–H groups in total. The topological polar surface area (TPSA) is 41.1 Å². The largest absolute Gasteiger partial charge is 0.314 e. The SMILES string of the molecule is C1CN(Cc2nc(C3CC3)ns2)CCN1. The number of piperazine rings is 1. The molecule has 2 fully saturated rings. The molecule has 2 aliphatic rings. The molecular weight excluding hydrogens is 208 g/mol. The Morgan fingerprint density at radius 2 is 2.13 bits per heavy atom. The van der Waals surface area contributed by atoms with Crippen LogP contribution in [0.5, 0.6) is 0 Å². The first-order valence-corrected chi connectivity index (χ1v) is 6.45. The van der Waals surface area contributed by atoms with E-state index in [1.807, 2.05) is 0 Å². The van der Waals surface area contributed by atoms with Gasteiger partial charge in [-0.25, -0.2) is 4.98 Å². The molecule has 0 unspecified atom stereocenters. The third-order valence-corrected chi connectivity index (χ3v) is 3.70. The van der Waals surface area contributed by atoms with E-state index in [9.17, 15) is 0 Å². The summed E-state index contributed by atoms with van der Waals surface area (Å²) in [6, 6.07) is 0. The van der Waals surface area contributed by atoms with Crippen molar-refractivity contribution in [2.75, 3.05) is 26.2 Å². The fourth-order valence-corrected chi connectivity index (χ4v) is 2.66. The summed E-state index contributed by atoms with van der Waals surface area (Å²) in [5.41, 5.74) is 0. The first-order valence-electron chi connectivity index (χ1n) is 5.67. The molecule has 0 spiro atoms. The Morgan fingerprint density at radius 1 is 1.33 bits per heavy atom. The zero-order valence-electron chi connectivity index (χ0n) is 8.78. The standard InChI is InChI=1S/C10H16N4S/c1-2-8(1)10-12-9(15-13-10)7-14-5-3-11-4-6-14/h8,11H,1-7H2. The maximum atomic E-state index is 4.61. The number of hydrogen-bond donors (Lipinski definition) is 1. The lowest BCUT2D eigenvalue weighted by Gasteiger charge is -2.25. The second kappa shape index (κ2) is 4.15. The predicted octanol–water partition coefficient (Wildman–Crippen LogP) is 0.821. The van der Waals surface area contributed by atoms with Crippen molar-refractivity contribution in [2.45, 2.75) is 25.3 Å². The zero-order chi connectivity index (χ0) is 10.1. The Hall–Kier alpha value is -0.520. The fraction of sp³-hybridized carbons (Fsp3) is 0.800. The molecule has 0 bridgehead atoms. The summed E-state index contributed by atoms with van der Waals surface area (Å²) in [5.74, 6) is 1.79. The van der Waals surface area contributed by atoms with E-state index in [-0.39, 0.29) is 0 Å². The number of nitrogens with one attached hydrogen (secondary N) is 1. The Labute approximate surface area is 93.9 Å². The maximum Gasteiger partial charge on any atom is 0.145 e. The lowest BCUT2D eigenvalue weighted by molar-refractivity contribution is 0.233. The summed E-state index contributed by atoms with van der Waals surface area (Å²) in [6.45, 7) is 5.48. The summed E-state index contributed by atoms with van der Waals surface area (Å²) >= 11 is 1.59. The number of hydrogen-bond acceptors (Lipinski definition) is 5. The van der Waals surface area contributed by atoms with Crippen molar-refractivity contribution in [1.29, 1.82) is 0 Å². The lowest BCUT2D eigenvalue weighted by Crippen LogP contribution is -2.42. The van der Waals surface area contributed by atoms with E-state index < -0.39 is 0 Å². The molecule has 1 aliphatic carbocycles. The molecule has 0 radical (unpaired) electrons. The Balaban J connectivity index is 1.60. The fourth-order valence-electron chi connectivity index (χ4n) is 1.90. The average molecular weight is 224 g/mol. The van der Waals surface area contributed by atoms with Gasteiger partial charge in [0.2, 0.25) is 0 Å². The van der Waals surface area contributed by atoms with Gasteiger partial charge >= 0.3 is 0 Å². The molecule has 82 valence electrons.